The zero-order valence-electron chi connectivity index (χ0n) is 16.8. The number of aryl methyl sites for hydroxylation is 1. The number of aromatic nitrogens is 3. The first-order valence-electron chi connectivity index (χ1n) is 9.68. The molecule has 0 unspecified atom stereocenters. The van der Waals surface area contributed by atoms with Crippen molar-refractivity contribution in [2.45, 2.75) is 49.9 Å². The normalized spacial score (nSPS) is 27.2. The number of pyridine rings is 1. The summed E-state index contributed by atoms with van der Waals surface area (Å²) >= 11 is 5.66. The van der Waals surface area contributed by atoms with Gasteiger partial charge in [0, 0.05) is 25.2 Å². The topological polar surface area (TPSA) is 89.3 Å². The Bertz CT molecular complexity index is 1090. The number of ether oxygens (including phenoxy) is 1. The number of carbonyl (C=O) groups excluding carboxylic acids is 1. The number of anilines is 1. The van der Waals surface area contributed by atoms with Crippen LogP contribution in [0.1, 0.15) is 29.7 Å². The molecule has 4 atom stereocenters. The Morgan fingerprint density at radius 3 is 2.55 bits per heavy atom. The number of rotatable bonds is 4. The van der Waals surface area contributed by atoms with Crippen LogP contribution in [0.25, 0.3) is 0 Å². The molecule has 0 radical (unpaired) electrons. The number of hydrogen-bond acceptors (Lipinski definition) is 5. The highest BCUT2D eigenvalue weighted by Gasteiger charge is 2.61. The van der Waals surface area contributed by atoms with E-state index in [1.807, 2.05) is 0 Å². The number of amides is 1. The standard InChI is InChI=1S/C19H17ClF6N4O3/c1-30-7-8(15(29-30)19(24,25)26)5-17(6-11-10(31)4-12(17)33-11)16(32)28-14-3-9(18(21,22)23)2-13(20)27-14/h2-3,7,10-12,31H,4-6H2,1H3,(H,27,28,32)/t10-,11+,12+,17-/m0/s1. The Balaban J connectivity index is 1.70. The molecule has 2 saturated heterocycles. The molecule has 2 N–H and O–H groups in total. The smallest absolute Gasteiger partial charge is 0.390 e. The molecule has 0 saturated carbocycles. The Morgan fingerprint density at radius 1 is 1.30 bits per heavy atom. The van der Waals surface area contributed by atoms with E-state index in [0.717, 1.165) is 10.9 Å². The Morgan fingerprint density at radius 2 is 2.00 bits per heavy atom. The van der Waals surface area contributed by atoms with E-state index in [4.69, 9.17) is 16.3 Å². The largest absolute Gasteiger partial charge is 0.435 e. The molecule has 0 spiro atoms. The molecule has 4 heterocycles. The van der Waals surface area contributed by atoms with Crippen LogP contribution in [0.4, 0.5) is 32.2 Å². The lowest BCUT2D eigenvalue weighted by Crippen LogP contribution is -2.48. The third kappa shape index (κ3) is 4.41. The Kier molecular flexibility index (Phi) is 5.65. The fourth-order valence-electron chi connectivity index (χ4n) is 4.47. The summed E-state index contributed by atoms with van der Waals surface area (Å²) in [6, 6.07) is 1.15. The Labute approximate surface area is 187 Å². The first kappa shape index (κ1) is 23.8. The van der Waals surface area contributed by atoms with Gasteiger partial charge in [-0.05, 0) is 25.0 Å². The first-order chi connectivity index (χ1) is 15.2. The van der Waals surface area contributed by atoms with E-state index in [1.165, 1.54) is 7.05 Å². The van der Waals surface area contributed by atoms with E-state index >= 15 is 0 Å². The number of aliphatic hydroxyl groups is 1. The minimum absolute atomic E-state index is 0.0174. The summed E-state index contributed by atoms with van der Waals surface area (Å²) in [5.74, 6) is -1.40. The molecule has 7 nitrogen and oxygen atoms in total. The maximum absolute atomic E-state index is 13.5. The second-order valence-corrected chi connectivity index (χ2v) is 8.58. The fourth-order valence-corrected chi connectivity index (χ4v) is 4.68. The van der Waals surface area contributed by atoms with Crippen LogP contribution in [0.15, 0.2) is 18.3 Å². The van der Waals surface area contributed by atoms with Gasteiger partial charge < -0.3 is 15.2 Å². The molecule has 180 valence electrons. The molecule has 0 aliphatic carbocycles. The van der Waals surface area contributed by atoms with Crippen LogP contribution in [0.3, 0.4) is 0 Å². The average molecular weight is 499 g/mol. The minimum Gasteiger partial charge on any atom is -0.390 e. The fraction of sp³-hybridized carbons (Fsp3) is 0.526. The number of hydrogen-bond donors (Lipinski definition) is 2. The highest BCUT2D eigenvalue weighted by atomic mass is 35.5. The van der Waals surface area contributed by atoms with Crippen LogP contribution >= 0.6 is 11.6 Å². The number of nitrogens with zero attached hydrogens (tertiary/aromatic N) is 3. The van der Waals surface area contributed by atoms with E-state index in [9.17, 15) is 36.2 Å². The third-order valence-electron chi connectivity index (χ3n) is 5.90. The van der Waals surface area contributed by atoms with E-state index in [0.29, 0.717) is 12.1 Å². The van der Waals surface area contributed by atoms with Gasteiger partial charge in [0.05, 0.1) is 29.3 Å². The number of fused-ring (bicyclic) bond motifs is 2. The van der Waals surface area contributed by atoms with E-state index in [-0.39, 0.29) is 18.4 Å². The minimum atomic E-state index is -4.79. The van der Waals surface area contributed by atoms with Gasteiger partial charge in [0.1, 0.15) is 11.0 Å². The van der Waals surface area contributed by atoms with Crippen LogP contribution in [-0.2, 0) is 35.4 Å². The lowest BCUT2D eigenvalue weighted by molar-refractivity contribution is -0.143. The second-order valence-electron chi connectivity index (χ2n) is 8.19. The molecule has 2 fully saturated rings. The summed E-state index contributed by atoms with van der Waals surface area (Å²) in [5, 5.41) is 15.2. The quantitative estimate of drug-likeness (QED) is 0.497. The van der Waals surface area contributed by atoms with Crippen molar-refractivity contribution in [2.75, 3.05) is 5.32 Å². The van der Waals surface area contributed by atoms with E-state index in [1.54, 1.807) is 0 Å². The van der Waals surface area contributed by atoms with Crippen molar-refractivity contribution in [3.8, 4) is 0 Å². The Hall–Kier alpha value is -2.38. The highest BCUT2D eigenvalue weighted by Crippen LogP contribution is 2.51. The lowest BCUT2D eigenvalue weighted by Gasteiger charge is -2.35. The van der Waals surface area contributed by atoms with Gasteiger partial charge in [-0.15, -0.1) is 0 Å². The number of carbonyl (C=O) groups is 1. The number of aliphatic hydroxyl groups excluding tert-OH is 1. The van der Waals surface area contributed by atoms with Crippen molar-refractivity contribution in [3.05, 3.63) is 40.3 Å². The SMILES string of the molecule is Cn1cc(C[C@]2(C(=O)Nc3cc(C(F)(F)F)cc(Cl)n3)C[C@H]3O[C@@H]2C[C@@H]3O)c(C(F)(F)F)n1. The van der Waals surface area contributed by atoms with Gasteiger partial charge in [-0.1, -0.05) is 11.6 Å². The summed E-state index contributed by atoms with van der Waals surface area (Å²) in [4.78, 5) is 17.0. The molecule has 2 bridgehead atoms. The van der Waals surface area contributed by atoms with E-state index < -0.39 is 70.6 Å². The highest BCUT2D eigenvalue weighted by molar-refractivity contribution is 6.29. The molecule has 2 aliphatic heterocycles. The molecule has 14 heteroatoms. The molecule has 2 aromatic heterocycles. The van der Waals surface area contributed by atoms with Crippen molar-refractivity contribution in [1.29, 1.82) is 0 Å². The number of alkyl halides is 6. The molecule has 2 aromatic rings. The molecule has 1 amide bonds. The molecular formula is C19H17ClF6N4O3. The molecule has 33 heavy (non-hydrogen) atoms. The van der Waals surface area contributed by atoms with Gasteiger partial charge in [0.15, 0.2) is 5.69 Å². The molecule has 4 rings (SSSR count). The van der Waals surface area contributed by atoms with Crippen LogP contribution < -0.4 is 5.32 Å². The zero-order valence-corrected chi connectivity index (χ0v) is 17.6. The summed E-state index contributed by atoms with van der Waals surface area (Å²) < 4.78 is 86.4. The van der Waals surface area contributed by atoms with Crippen molar-refractivity contribution >= 4 is 23.3 Å². The van der Waals surface area contributed by atoms with Gasteiger partial charge in [0.25, 0.3) is 0 Å². The van der Waals surface area contributed by atoms with Crippen LogP contribution in [0, 0.1) is 5.41 Å². The summed E-state index contributed by atoms with van der Waals surface area (Å²) in [6.07, 6.45) is -11.7. The van der Waals surface area contributed by atoms with Crippen molar-refractivity contribution < 1.29 is 41.0 Å². The van der Waals surface area contributed by atoms with Gasteiger partial charge in [-0.2, -0.15) is 31.4 Å². The van der Waals surface area contributed by atoms with Crippen LogP contribution in [0.2, 0.25) is 5.15 Å². The zero-order chi connectivity index (χ0) is 24.3. The van der Waals surface area contributed by atoms with Gasteiger partial charge >= 0.3 is 12.4 Å². The van der Waals surface area contributed by atoms with Crippen LogP contribution in [0.5, 0.6) is 0 Å². The van der Waals surface area contributed by atoms with E-state index in [2.05, 4.69) is 15.4 Å². The predicted molar refractivity (Wildman–Crippen MR) is 101 cm³/mol. The lowest BCUT2D eigenvalue weighted by atomic mass is 9.68. The average Bonchev–Trinajstić information content (AvgIpc) is 3.33. The summed E-state index contributed by atoms with van der Waals surface area (Å²) in [7, 11) is 1.29. The van der Waals surface area contributed by atoms with Crippen molar-refractivity contribution in [1.82, 2.24) is 14.8 Å². The van der Waals surface area contributed by atoms with Gasteiger partial charge in [-0.25, -0.2) is 4.98 Å². The monoisotopic (exact) mass is 498 g/mol. The maximum Gasteiger partial charge on any atom is 0.435 e. The molecular weight excluding hydrogens is 482 g/mol. The van der Waals surface area contributed by atoms with Crippen molar-refractivity contribution in [2.24, 2.45) is 12.5 Å². The van der Waals surface area contributed by atoms with Gasteiger partial charge in [0.2, 0.25) is 5.91 Å². The van der Waals surface area contributed by atoms with Crippen LogP contribution in [-0.4, -0.2) is 44.1 Å². The predicted octanol–water partition coefficient (Wildman–Crippen LogP) is 3.60. The second kappa shape index (κ2) is 7.84. The number of halogens is 7. The van der Waals surface area contributed by atoms with Crippen molar-refractivity contribution in [3.63, 3.8) is 0 Å². The molecule has 0 aromatic carbocycles. The third-order valence-corrected chi connectivity index (χ3v) is 6.09. The summed E-state index contributed by atoms with van der Waals surface area (Å²) in [6.45, 7) is 0. The number of nitrogens with one attached hydrogen (secondary N) is 1. The maximum atomic E-state index is 13.5. The first-order valence-corrected chi connectivity index (χ1v) is 10.1. The molecule has 2 aliphatic rings. The van der Waals surface area contributed by atoms with Gasteiger partial charge in [-0.3, -0.25) is 9.48 Å². The summed E-state index contributed by atoms with van der Waals surface area (Å²) in [5.41, 5.74) is -4.21.